The van der Waals surface area contributed by atoms with Crippen molar-refractivity contribution < 1.29 is 0 Å². The molecule has 0 unspecified atom stereocenters. The molecule has 1 N–H and O–H groups in total. The lowest BCUT2D eigenvalue weighted by molar-refractivity contribution is 1.16. The number of para-hydroxylation sites is 1. The summed E-state index contributed by atoms with van der Waals surface area (Å²) in [5.74, 6) is 2.65. The standard InChI is InChI=1S/C18H14N2/c1-2-14-6-5-7-16(12-14)20-13-15-10-11-19-18-9-4-3-8-17(15)18/h1,3-12,20H,13H2. The number of hydrogen-bond acceptors (Lipinski definition) is 2. The van der Waals surface area contributed by atoms with Crippen molar-refractivity contribution in [1.29, 1.82) is 0 Å². The number of terminal acetylenes is 1. The Morgan fingerprint density at radius 1 is 1.05 bits per heavy atom. The van der Waals surface area contributed by atoms with Crippen LogP contribution in [-0.2, 0) is 6.54 Å². The molecule has 2 heteroatoms. The van der Waals surface area contributed by atoms with Crippen molar-refractivity contribution in [2.45, 2.75) is 6.54 Å². The molecule has 0 aliphatic heterocycles. The Balaban J connectivity index is 1.85. The molecule has 0 fully saturated rings. The molecule has 0 saturated carbocycles. The molecule has 0 atom stereocenters. The van der Waals surface area contributed by atoms with Gasteiger partial charge in [-0.3, -0.25) is 4.98 Å². The summed E-state index contributed by atoms with van der Waals surface area (Å²) >= 11 is 0. The molecule has 1 heterocycles. The van der Waals surface area contributed by atoms with Crippen molar-refractivity contribution >= 4 is 16.6 Å². The van der Waals surface area contributed by atoms with Gasteiger partial charge in [0.15, 0.2) is 0 Å². The SMILES string of the molecule is C#Cc1cccc(NCc2ccnc3ccccc23)c1. The van der Waals surface area contributed by atoms with Crippen LogP contribution in [0.2, 0.25) is 0 Å². The number of benzene rings is 2. The maximum absolute atomic E-state index is 5.41. The fourth-order valence-corrected chi connectivity index (χ4v) is 2.23. The smallest absolute Gasteiger partial charge is 0.0705 e. The molecular formula is C18H14N2. The van der Waals surface area contributed by atoms with Crippen molar-refractivity contribution in [1.82, 2.24) is 4.98 Å². The number of pyridine rings is 1. The van der Waals surface area contributed by atoms with Gasteiger partial charge in [-0.1, -0.05) is 30.2 Å². The lowest BCUT2D eigenvalue weighted by Crippen LogP contribution is -2.00. The molecule has 2 aromatic carbocycles. The fourth-order valence-electron chi connectivity index (χ4n) is 2.23. The van der Waals surface area contributed by atoms with Gasteiger partial charge in [-0.15, -0.1) is 6.42 Å². The number of nitrogens with zero attached hydrogens (tertiary/aromatic N) is 1. The molecule has 1 aromatic heterocycles. The molecule has 20 heavy (non-hydrogen) atoms. The number of hydrogen-bond donors (Lipinski definition) is 1. The summed E-state index contributed by atoms with van der Waals surface area (Å²) in [6.45, 7) is 0.747. The van der Waals surface area contributed by atoms with E-state index in [0.717, 1.165) is 23.3 Å². The van der Waals surface area contributed by atoms with E-state index in [1.54, 1.807) is 0 Å². The summed E-state index contributed by atoms with van der Waals surface area (Å²) in [5, 5.41) is 4.58. The monoisotopic (exact) mass is 258 g/mol. The van der Waals surface area contributed by atoms with E-state index in [1.165, 1.54) is 10.9 Å². The van der Waals surface area contributed by atoms with Gasteiger partial charge in [0.1, 0.15) is 0 Å². The van der Waals surface area contributed by atoms with Crippen LogP contribution < -0.4 is 5.32 Å². The van der Waals surface area contributed by atoms with Gasteiger partial charge in [0.05, 0.1) is 5.52 Å². The third kappa shape index (κ3) is 2.48. The second-order valence-corrected chi connectivity index (χ2v) is 4.57. The summed E-state index contributed by atoms with van der Waals surface area (Å²) < 4.78 is 0. The van der Waals surface area contributed by atoms with E-state index in [-0.39, 0.29) is 0 Å². The Bertz CT molecular complexity index is 779. The zero-order valence-electron chi connectivity index (χ0n) is 11.0. The molecule has 0 amide bonds. The van der Waals surface area contributed by atoms with Crippen molar-refractivity contribution in [3.63, 3.8) is 0 Å². The third-order valence-corrected chi connectivity index (χ3v) is 3.25. The highest BCUT2D eigenvalue weighted by molar-refractivity contribution is 5.82. The summed E-state index contributed by atoms with van der Waals surface area (Å²) in [7, 11) is 0. The van der Waals surface area contributed by atoms with Gasteiger partial charge in [0.2, 0.25) is 0 Å². The third-order valence-electron chi connectivity index (χ3n) is 3.25. The largest absolute Gasteiger partial charge is 0.381 e. The average Bonchev–Trinajstić information content (AvgIpc) is 2.53. The Labute approximate surface area is 118 Å². The van der Waals surface area contributed by atoms with Crippen molar-refractivity contribution in [3.05, 3.63) is 71.9 Å². The average molecular weight is 258 g/mol. The Kier molecular flexibility index (Phi) is 3.34. The van der Waals surface area contributed by atoms with E-state index in [2.05, 4.69) is 22.3 Å². The van der Waals surface area contributed by atoms with E-state index in [4.69, 9.17) is 6.42 Å². The molecule has 0 radical (unpaired) electrons. The Morgan fingerprint density at radius 2 is 1.95 bits per heavy atom. The number of fused-ring (bicyclic) bond motifs is 1. The number of rotatable bonds is 3. The highest BCUT2D eigenvalue weighted by Gasteiger charge is 2.01. The van der Waals surface area contributed by atoms with Gasteiger partial charge in [-0.05, 0) is 35.9 Å². The van der Waals surface area contributed by atoms with Gasteiger partial charge < -0.3 is 5.32 Å². The second kappa shape index (κ2) is 5.46. The molecule has 0 aliphatic carbocycles. The summed E-state index contributed by atoms with van der Waals surface area (Å²) in [4.78, 5) is 4.37. The molecule has 3 rings (SSSR count). The molecule has 0 saturated heterocycles. The minimum Gasteiger partial charge on any atom is -0.381 e. The van der Waals surface area contributed by atoms with E-state index >= 15 is 0 Å². The zero-order chi connectivity index (χ0) is 13.8. The predicted molar refractivity (Wildman–Crippen MR) is 83.4 cm³/mol. The van der Waals surface area contributed by atoms with Crippen LogP contribution in [0, 0.1) is 12.3 Å². The maximum atomic E-state index is 5.41. The van der Waals surface area contributed by atoms with Crippen molar-refractivity contribution in [3.8, 4) is 12.3 Å². The molecule has 0 spiro atoms. The predicted octanol–water partition coefficient (Wildman–Crippen LogP) is 3.83. The van der Waals surface area contributed by atoms with Crippen LogP contribution in [0.1, 0.15) is 11.1 Å². The van der Waals surface area contributed by atoms with Gasteiger partial charge >= 0.3 is 0 Å². The van der Waals surface area contributed by atoms with Crippen molar-refractivity contribution in [2.75, 3.05) is 5.32 Å². The Hall–Kier alpha value is -2.79. The summed E-state index contributed by atoms with van der Waals surface area (Å²) in [5.41, 5.74) is 4.15. The quantitative estimate of drug-likeness (QED) is 0.722. The first-order chi connectivity index (χ1) is 9.86. The van der Waals surface area contributed by atoms with Crippen molar-refractivity contribution in [2.24, 2.45) is 0 Å². The van der Waals surface area contributed by atoms with Gasteiger partial charge in [0, 0.05) is 29.4 Å². The first kappa shape index (κ1) is 12.3. The highest BCUT2D eigenvalue weighted by atomic mass is 14.9. The fraction of sp³-hybridized carbons (Fsp3) is 0.0556. The zero-order valence-corrected chi connectivity index (χ0v) is 11.0. The number of nitrogens with one attached hydrogen (secondary N) is 1. The highest BCUT2D eigenvalue weighted by Crippen LogP contribution is 2.18. The lowest BCUT2D eigenvalue weighted by atomic mass is 10.1. The van der Waals surface area contributed by atoms with Crippen LogP contribution in [0.15, 0.2) is 60.8 Å². The van der Waals surface area contributed by atoms with E-state index in [0.29, 0.717) is 0 Å². The molecule has 0 aliphatic rings. The second-order valence-electron chi connectivity index (χ2n) is 4.57. The number of anilines is 1. The molecule has 0 bridgehead atoms. The van der Waals surface area contributed by atoms with Crippen LogP contribution in [0.3, 0.4) is 0 Å². The minimum atomic E-state index is 0.747. The summed E-state index contributed by atoms with van der Waals surface area (Å²) in [6.07, 6.45) is 7.26. The van der Waals surface area contributed by atoms with E-state index < -0.39 is 0 Å². The van der Waals surface area contributed by atoms with Crippen LogP contribution in [-0.4, -0.2) is 4.98 Å². The lowest BCUT2D eigenvalue weighted by Gasteiger charge is -2.09. The normalized spacial score (nSPS) is 10.2. The molecule has 2 nitrogen and oxygen atoms in total. The summed E-state index contributed by atoms with van der Waals surface area (Å²) in [6, 6.07) is 18.1. The van der Waals surface area contributed by atoms with Crippen LogP contribution >= 0.6 is 0 Å². The van der Waals surface area contributed by atoms with E-state index in [9.17, 15) is 0 Å². The first-order valence-electron chi connectivity index (χ1n) is 6.50. The topological polar surface area (TPSA) is 24.9 Å². The van der Waals surface area contributed by atoms with Crippen LogP contribution in [0.25, 0.3) is 10.9 Å². The van der Waals surface area contributed by atoms with Gasteiger partial charge in [0.25, 0.3) is 0 Å². The molecule has 3 aromatic rings. The van der Waals surface area contributed by atoms with Gasteiger partial charge in [-0.25, -0.2) is 0 Å². The van der Waals surface area contributed by atoms with Crippen LogP contribution in [0.5, 0.6) is 0 Å². The van der Waals surface area contributed by atoms with Crippen LogP contribution in [0.4, 0.5) is 5.69 Å². The molecular weight excluding hydrogens is 244 g/mol. The number of aromatic nitrogens is 1. The van der Waals surface area contributed by atoms with Gasteiger partial charge in [-0.2, -0.15) is 0 Å². The molecule has 96 valence electrons. The first-order valence-corrected chi connectivity index (χ1v) is 6.50. The minimum absolute atomic E-state index is 0.747. The van der Waals surface area contributed by atoms with E-state index in [1.807, 2.05) is 54.7 Å². The maximum Gasteiger partial charge on any atom is 0.0705 e. The Morgan fingerprint density at radius 3 is 2.85 bits per heavy atom.